The van der Waals surface area contributed by atoms with E-state index in [1.54, 1.807) is 43.7 Å². The van der Waals surface area contributed by atoms with Crippen LogP contribution in [0.3, 0.4) is 0 Å². The van der Waals surface area contributed by atoms with Crippen molar-refractivity contribution in [2.45, 2.75) is 33.7 Å². The first-order chi connectivity index (χ1) is 20.0. The number of halogens is 1. The van der Waals surface area contributed by atoms with Crippen LogP contribution < -0.4 is 19.6 Å². The Balaban J connectivity index is 1.67. The average Bonchev–Trinajstić information content (AvgIpc) is 3.41. The quantitative estimate of drug-likeness (QED) is 0.160. The molecule has 42 heavy (non-hydrogen) atoms. The molecule has 0 N–H and O–H groups in total. The number of hydrogen-bond donors (Lipinski definition) is 0. The molecular formula is C30H27BrN4O6S. The molecule has 0 spiro atoms. The molecule has 2 aromatic heterocycles. The van der Waals surface area contributed by atoms with Crippen LogP contribution in [0.5, 0.6) is 5.75 Å². The number of rotatable bonds is 7. The maximum Gasteiger partial charge on any atom is 0.338 e. The number of benzene rings is 2. The molecule has 12 heteroatoms. The van der Waals surface area contributed by atoms with Gasteiger partial charge < -0.3 is 14.0 Å². The standard InChI is InChI=1S/C30H27BrN4O6S/c1-6-41-29(37)26-17(3)32-30-34(27(26)19-7-12-24(40-5)23(31)14-19)28(36)25(42-30)15-20-13-16(2)33(18(20)4)21-8-10-22(11-9-21)35(38)39/h7-15,27H,6H2,1-5H3/b25-15+/t27-/m1/s1. The highest BCUT2D eigenvalue weighted by Crippen LogP contribution is 2.35. The van der Waals surface area contributed by atoms with E-state index in [4.69, 9.17) is 9.47 Å². The summed E-state index contributed by atoms with van der Waals surface area (Å²) in [5, 5.41) is 11.1. The fourth-order valence-electron chi connectivity index (χ4n) is 5.16. The summed E-state index contributed by atoms with van der Waals surface area (Å²) < 4.78 is 15.4. The summed E-state index contributed by atoms with van der Waals surface area (Å²) >= 11 is 4.77. The molecule has 216 valence electrons. The molecule has 0 amide bonds. The van der Waals surface area contributed by atoms with E-state index in [0.29, 0.717) is 36.4 Å². The molecule has 3 heterocycles. The van der Waals surface area contributed by atoms with Crippen LogP contribution in [0.25, 0.3) is 11.8 Å². The molecule has 0 radical (unpaired) electrons. The zero-order valence-electron chi connectivity index (χ0n) is 23.5. The van der Waals surface area contributed by atoms with Crippen LogP contribution in [0.2, 0.25) is 0 Å². The second-order valence-corrected chi connectivity index (χ2v) is 11.5. The lowest BCUT2D eigenvalue weighted by Crippen LogP contribution is -2.40. The fourth-order valence-corrected chi connectivity index (χ4v) is 6.75. The van der Waals surface area contributed by atoms with Crippen molar-refractivity contribution in [2.75, 3.05) is 13.7 Å². The number of thiazole rings is 1. The van der Waals surface area contributed by atoms with Gasteiger partial charge in [0.15, 0.2) is 4.80 Å². The van der Waals surface area contributed by atoms with Crippen LogP contribution in [0.15, 0.2) is 74.1 Å². The minimum atomic E-state index is -0.753. The van der Waals surface area contributed by atoms with Crippen molar-refractivity contribution in [1.82, 2.24) is 9.13 Å². The number of carbonyl (C=O) groups is 1. The number of aromatic nitrogens is 2. The molecule has 1 atom stereocenters. The first kappa shape index (κ1) is 29.2. The third-order valence-electron chi connectivity index (χ3n) is 7.08. The van der Waals surface area contributed by atoms with E-state index in [1.165, 1.54) is 23.5 Å². The first-order valence-corrected chi connectivity index (χ1v) is 14.6. The molecule has 0 fully saturated rings. The zero-order chi connectivity index (χ0) is 30.3. The SMILES string of the molecule is CCOC(=O)C1=C(C)N=c2s/c(=C/c3cc(C)n(-c4ccc([N+](=O)[O-])cc4)c3C)c(=O)n2[C@@H]1c1ccc(OC)c(Br)c1. The maximum atomic E-state index is 14.0. The molecule has 0 aliphatic carbocycles. The Morgan fingerprint density at radius 1 is 1.17 bits per heavy atom. The molecule has 1 aliphatic heterocycles. The Morgan fingerprint density at radius 3 is 2.50 bits per heavy atom. The molecule has 0 saturated heterocycles. The van der Waals surface area contributed by atoms with Gasteiger partial charge >= 0.3 is 5.97 Å². The second kappa shape index (κ2) is 11.5. The number of hydrogen-bond acceptors (Lipinski definition) is 8. The van der Waals surface area contributed by atoms with E-state index in [2.05, 4.69) is 20.9 Å². The lowest BCUT2D eigenvalue weighted by Gasteiger charge is -2.25. The monoisotopic (exact) mass is 650 g/mol. The third kappa shape index (κ3) is 5.12. The Bertz CT molecular complexity index is 1950. The van der Waals surface area contributed by atoms with E-state index in [-0.39, 0.29) is 17.9 Å². The number of ether oxygens (including phenoxy) is 2. The third-order valence-corrected chi connectivity index (χ3v) is 8.69. The number of fused-ring (bicyclic) bond motifs is 1. The van der Waals surface area contributed by atoms with Gasteiger partial charge in [0.25, 0.3) is 11.2 Å². The smallest absolute Gasteiger partial charge is 0.338 e. The van der Waals surface area contributed by atoms with Gasteiger partial charge in [-0.05, 0) is 91.2 Å². The van der Waals surface area contributed by atoms with E-state index in [9.17, 15) is 19.7 Å². The van der Waals surface area contributed by atoms with Gasteiger partial charge in [-0.1, -0.05) is 17.4 Å². The molecule has 2 aromatic carbocycles. The van der Waals surface area contributed by atoms with E-state index in [1.807, 2.05) is 42.7 Å². The van der Waals surface area contributed by atoms with E-state index in [0.717, 1.165) is 22.6 Å². The highest BCUT2D eigenvalue weighted by atomic mass is 79.9. The Kier molecular flexibility index (Phi) is 8.02. The predicted octanol–water partition coefficient (Wildman–Crippen LogP) is 4.89. The van der Waals surface area contributed by atoms with E-state index < -0.39 is 16.9 Å². The number of nitro benzene ring substituents is 1. The Labute approximate surface area is 253 Å². The molecule has 0 unspecified atom stereocenters. The molecule has 4 aromatic rings. The summed E-state index contributed by atoms with van der Waals surface area (Å²) in [5.74, 6) is 0.0875. The lowest BCUT2D eigenvalue weighted by molar-refractivity contribution is -0.384. The van der Waals surface area contributed by atoms with Crippen LogP contribution in [0.4, 0.5) is 5.69 Å². The number of aryl methyl sites for hydroxylation is 1. The van der Waals surface area contributed by atoms with Crippen molar-refractivity contribution in [2.24, 2.45) is 4.99 Å². The van der Waals surface area contributed by atoms with Gasteiger partial charge in [-0.15, -0.1) is 0 Å². The maximum absolute atomic E-state index is 14.0. The van der Waals surface area contributed by atoms with Crippen molar-refractivity contribution in [1.29, 1.82) is 0 Å². The van der Waals surface area contributed by atoms with Gasteiger partial charge in [-0.3, -0.25) is 19.5 Å². The van der Waals surface area contributed by atoms with Gasteiger partial charge in [0.1, 0.15) is 5.75 Å². The van der Waals surface area contributed by atoms with Crippen LogP contribution in [-0.4, -0.2) is 33.7 Å². The lowest BCUT2D eigenvalue weighted by atomic mass is 9.96. The topological polar surface area (TPSA) is 118 Å². The Morgan fingerprint density at radius 2 is 1.88 bits per heavy atom. The minimum absolute atomic E-state index is 0.0125. The Hall–Kier alpha value is -4.29. The normalized spacial score (nSPS) is 14.9. The van der Waals surface area contributed by atoms with Gasteiger partial charge in [0, 0.05) is 29.2 Å². The number of nitro groups is 1. The van der Waals surface area contributed by atoms with Crippen LogP contribution in [0, 0.1) is 24.0 Å². The highest BCUT2D eigenvalue weighted by Gasteiger charge is 2.33. The van der Waals surface area contributed by atoms with Crippen molar-refractivity contribution in [3.63, 3.8) is 0 Å². The van der Waals surface area contributed by atoms with Crippen LogP contribution in [0.1, 0.15) is 42.4 Å². The number of esters is 1. The summed E-state index contributed by atoms with van der Waals surface area (Å²) in [6, 6.07) is 13.0. The molecule has 0 bridgehead atoms. The average molecular weight is 652 g/mol. The minimum Gasteiger partial charge on any atom is -0.496 e. The molecule has 10 nitrogen and oxygen atoms in total. The van der Waals surface area contributed by atoms with Gasteiger partial charge in [0.05, 0.1) is 45.0 Å². The second-order valence-electron chi connectivity index (χ2n) is 9.63. The van der Waals surface area contributed by atoms with Crippen molar-refractivity contribution >= 4 is 45.0 Å². The van der Waals surface area contributed by atoms with Crippen molar-refractivity contribution in [3.8, 4) is 11.4 Å². The first-order valence-electron chi connectivity index (χ1n) is 13.0. The van der Waals surface area contributed by atoms with Gasteiger partial charge in [-0.25, -0.2) is 9.79 Å². The zero-order valence-corrected chi connectivity index (χ0v) is 25.9. The number of non-ortho nitro benzene ring substituents is 1. The summed E-state index contributed by atoms with van der Waals surface area (Å²) in [6.45, 7) is 7.52. The summed E-state index contributed by atoms with van der Waals surface area (Å²) in [7, 11) is 1.57. The number of methoxy groups -OCH3 is 1. The van der Waals surface area contributed by atoms with Crippen molar-refractivity contribution < 1.29 is 19.2 Å². The number of nitrogens with zero attached hydrogens (tertiary/aromatic N) is 4. The van der Waals surface area contributed by atoms with Crippen molar-refractivity contribution in [3.05, 3.63) is 117 Å². The highest BCUT2D eigenvalue weighted by molar-refractivity contribution is 9.10. The van der Waals surface area contributed by atoms with Gasteiger partial charge in [-0.2, -0.15) is 0 Å². The fraction of sp³-hybridized carbons (Fsp3) is 0.233. The summed E-state index contributed by atoms with van der Waals surface area (Å²) in [5.41, 5.74) is 4.57. The van der Waals surface area contributed by atoms with Crippen LogP contribution >= 0.6 is 27.3 Å². The number of carbonyl (C=O) groups excluding carboxylic acids is 1. The molecule has 5 rings (SSSR count). The summed E-state index contributed by atoms with van der Waals surface area (Å²) in [6.07, 6.45) is 1.82. The van der Waals surface area contributed by atoms with E-state index >= 15 is 0 Å². The number of allylic oxidation sites excluding steroid dienone is 1. The molecular weight excluding hydrogens is 624 g/mol. The molecule has 1 aliphatic rings. The predicted molar refractivity (Wildman–Crippen MR) is 163 cm³/mol. The van der Waals surface area contributed by atoms with Crippen LogP contribution in [-0.2, 0) is 9.53 Å². The van der Waals surface area contributed by atoms with Gasteiger partial charge in [0.2, 0.25) is 0 Å². The largest absolute Gasteiger partial charge is 0.496 e. The molecule has 0 saturated carbocycles. The summed E-state index contributed by atoms with van der Waals surface area (Å²) in [4.78, 5) is 43.0.